The number of pyridine rings is 1. The maximum atomic E-state index is 4.44. The molecule has 6 heteroatoms. The second kappa shape index (κ2) is 11.5. The van der Waals surface area contributed by atoms with E-state index in [1.165, 1.54) is 12.8 Å². The molecular weight excluding hydrogens is 413 g/mol. The predicted molar refractivity (Wildman–Crippen MR) is 113 cm³/mol. The maximum Gasteiger partial charge on any atom is 0.191 e. The summed E-state index contributed by atoms with van der Waals surface area (Å²) in [5.74, 6) is 2.75. The minimum atomic E-state index is 0. The molecular formula is C18H32IN5. The van der Waals surface area contributed by atoms with Crippen LogP contribution >= 0.6 is 24.0 Å². The van der Waals surface area contributed by atoms with Gasteiger partial charge in [0.15, 0.2) is 5.96 Å². The molecule has 0 atom stereocenters. The number of aromatic nitrogens is 1. The molecule has 1 aromatic heterocycles. The van der Waals surface area contributed by atoms with Gasteiger partial charge < -0.3 is 15.5 Å². The van der Waals surface area contributed by atoms with Gasteiger partial charge in [0.2, 0.25) is 0 Å². The highest BCUT2D eigenvalue weighted by molar-refractivity contribution is 14.0. The molecule has 0 spiro atoms. The number of aliphatic imine (C=N–C) groups is 1. The minimum absolute atomic E-state index is 0. The Morgan fingerprint density at radius 2 is 2.00 bits per heavy atom. The molecule has 0 saturated carbocycles. The number of nitrogens with zero attached hydrogens (tertiary/aromatic N) is 3. The van der Waals surface area contributed by atoms with Gasteiger partial charge in [-0.1, -0.05) is 32.8 Å². The van der Waals surface area contributed by atoms with E-state index in [2.05, 4.69) is 51.5 Å². The second-order valence-electron chi connectivity index (χ2n) is 6.23. The lowest BCUT2D eigenvalue weighted by atomic mass is 10.0. The van der Waals surface area contributed by atoms with E-state index >= 15 is 0 Å². The topological polar surface area (TPSA) is 52.6 Å². The fourth-order valence-corrected chi connectivity index (χ4v) is 3.00. The lowest BCUT2D eigenvalue weighted by Gasteiger charge is -2.34. The van der Waals surface area contributed by atoms with E-state index in [1.54, 1.807) is 0 Å². The maximum absolute atomic E-state index is 4.44. The Morgan fingerprint density at radius 1 is 1.29 bits per heavy atom. The first-order valence-electron chi connectivity index (χ1n) is 8.90. The predicted octanol–water partition coefficient (Wildman–Crippen LogP) is 3.27. The molecule has 1 aromatic rings. The van der Waals surface area contributed by atoms with Gasteiger partial charge in [0, 0.05) is 38.9 Å². The van der Waals surface area contributed by atoms with Gasteiger partial charge in [0.25, 0.3) is 0 Å². The first-order chi connectivity index (χ1) is 11.3. The molecule has 0 unspecified atom stereocenters. The molecule has 0 aromatic carbocycles. The van der Waals surface area contributed by atoms with Gasteiger partial charge in [-0.2, -0.15) is 0 Å². The number of guanidine groups is 1. The smallest absolute Gasteiger partial charge is 0.191 e. The van der Waals surface area contributed by atoms with Crippen LogP contribution in [0.5, 0.6) is 0 Å². The first-order valence-corrected chi connectivity index (χ1v) is 8.90. The van der Waals surface area contributed by atoms with Crippen LogP contribution in [0.3, 0.4) is 0 Å². The van der Waals surface area contributed by atoms with Crippen molar-refractivity contribution < 1.29 is 0 Å². The highest BCUT2D eigenvalue weighted by atomic mass is 127. The van der Waals surface area contributed by atoms with Crippen LogP contribution in [-0.4, -0.2) is 43.7 Å². The third kappa shape index (κ3) is 6.45. The number of hydrogen-bond donors (Lipinski definition) is 2. The lowest BCUT2D eigenvalue weighted by molar-refractivity contribution is 0.448. The molecule has 2 N–H and O–H groups in total. The van der Waals surface area contributed by atoms with Crippen LogP contribution in [-0.2, 0) is 0 Å². The van der Waals surface area contributed by atoms with Crippen molar-refractivity contribution in [3.63, 3.8) is 0 Å². The molecule has 1 aliphatic rings. The van der Waals surface area contributed by atoms with Crippen molar-refractivity contribution >= 4 is 35.8 Å². The zero-order chi connectivity index (χ0) is 16.5. The average Bonchev–Trinajstić information content (AvgIpc) is 2.62. The van der Waals surface area contributed by atoms with Crippen LogP contribution in [0.15, 0.2) is 29.4 Å². The third-order valence-electron chi connectivity index (χ3n) is 4.75. The van der Waals surface area contributed by atoms with Crippen molar-refractivity contribution in [1.82, 2.24) is 15.6 Å². The number of hydrogen-bond acceptors (Lipinski definition) is 3. The first kappa shape index (κ1) is 21.0. The fraction of sp³-hybridized carbons (Fsp3) is 0.667. The number of nitrogens with one attached hydrogen (secondary N) is 2. The van der Waals surface area contributed by atoms with E-state index in [4.69, 9.17) is 0 Å². The summed E-state index contributed by atoms with van der Waals surface area (Å²) < 4.78 is 0. The number of piperidine rings is 1. The van der Waals surface area contributed by atoms with Gasteiger partial charge >= 0.3 is 0 Å². The molecule has 5 nitrogen and oxygen atoms in total. The van der Waals surface area contributed by atoms with Gasteiger partial charge in [-0.05, 0) is 30.9 Å². The van der Waals surface area contributed by atoms with Crippen molar-refractivity contribution in [2.45, 2.75) is 45.6 Å². The van der Waals surface area contributed by atoms with Crippen molar-refractivity contribution in [1.29, 1.82) is 0 Å². The SMILES string of the molecule is CCC(CC)CNC(=NC)NC1CCN(c2ccccn2)CC1.I. The van der Waals surface area contributed by atoms with Gasteiger partial charge in [0.1, 0.15) is 5.82 Å². The Bertz CT molecular complexity index is 468. The zero-order valence-electron chi connectivity index (χ0n) is 15.2. The van der Waals surface area contributed by atoms with Crippen molar-refractivity contribution in [2.75, 3.05) is 31.6 Å². The molecule has 1 aliphatic heterocycles. The summed E-state index contributed by atoms with van der Waals surface area (Å²) in [6.45, 7) is 7.58. The van der Waals surface area contributed by atoms with Gasteiger partial charge in [-0.25, -0.2) is 4.98 Å². The molecule has 1 fully saturated rings. The number of halogens is 1. The standard InChI is InChI=1S/C18H31N5.HI/c1-4-15(5-2)14-21-18(19-3)22-16-9-12-23(13-10-16)17-8-6-7-11-20-17;/h6-8,11,15-16H,4-5,9-10,12-14H2,1-3H3,(H2,19,21,22);1H. The van der Waals surface area contributed by atoms with Crippen LogP contribution in [0.2, 0.25) is 0 Å². The molecule has 0 amide bonds. The highest BCUT2D eigenvalue weighted by Gasteiger charge is 2.20. The number of anilines is 1. The summed E-state index contributed by atoms with van der Waals surface area (Å²) in [6, 6.07) is 6.59. The van der Waals surface area contributed by atoms with Gasteiger partial charge in [-0.3, -0.25) is 4.99 Å². The largest absolute Gasteiger partial charge is 0.356 e. The normalized spacial score (nSPS) is 16.0. The molecule has 2 heterocycles. The summed E-state index contributed by atoms with van der Waals surface area (Å²) in [7, 11) is 1.85. The average molecular weight is 445 g/mol. The summed E-state index contributed by atoms with van der Waals surface area (Å²) in [5, 5.41) is 7.05. The zero-order valence-corrected chi connectivity index (χ0v) is 17.5. The molecule has 0 aliphatic carbocycles. The van der Waals surface area contributed by atoms with E-state index in [0.717, 1.165) is 50.2 Å². The summed E-state index contributed by atoms with van der Waals surface area (Å²) in [6.07, 6.45) is 6.51. The Balaban J connectivity index is 0.00000288. The molecule has 2 rings (SSSR count). The van der Waals surface area contributed by atoms with Gasteiger partial charge in [0.05, 0.1) is 0 Å². The molecule has 1 saturated heterocycles. The van der Waals surface area contributed by atoms with Crippen LogP contribution in [0.1, 0.15) is 39.5 Å². The Kier molecular flexibility index (Phi) is 10.1. The summed E-state index contributed by atoms with van der Waals surface area (Å²) in [4.78, 5) is 11.2. The Hall–Kier alpha value is -1.05. The fourth-order valence-electron chi connectivity index (χ4n) is 3.00. The van der Waals surface area contributed by atoms with E-state index in [0.29, 0.717) is 6.04 Å². The Morgan fingerprint density at radius 3 is 2.54 bits per heavy atom. The molecule has 24 heavy (non-hydrogen) atoms. The molecule has 0 bridgehead atoms. The van der Waals surface area contributed by atoms with Crippen molar-refractivity contribution in [3.05, 3.63) is 24.4 Å². The van der Waals surface area contributed by atoms with E-state index in [-0.39, 0.29) is 24.0 Å². The quantitative estimate of drug-likeness (QED) is 0.401. The third-order valence-corrected chi connectivity index (χ3v) is 4.75. The second-order valence-corrected chi connectivity index (χ2v) is 6.23. The van der Waals surface area contributed by atoms with E-state index in [9.17, 15) is 0 Å². The minimum Gasteiger partial charge on any atom is -0.356 e. The van der Waals surface area contributed by atoms with E-state index < -0.39 is 0 Å². The van der Waals surface area contributed by atoms with Crippen LogP contribution in [0, 0.1) is 5.92 Å². The number of rotatable bonds is 6. The van der Waals surface area contributed by atoms with Crippen LogP contribution in [0.4, 0.5) is 5.82 Å². The van der Waals surface area contributed by atoms with Crippen LogP contribution < -0.4 is 15.5 Å². The lowest BCUT2D eigenvalue weighted by Crippen LogP contribution is -2.49. The highest BCUT2D eigenvalue weighted by Crippen LogP contribution is 2.17. The van der Waals surface area contributed by atoms with Crippen molar-refractivity contribution in [3.8, 4) is 0 Å². The monoisotopic (exact) mass is 445 g/mol. The summed E-state index contributed by atoms with van der Waals surface area (Å²) in [5.41, 5.74) is 0. The molecule has 136 valence electrons. The van der Waals surface area contributed by atoms with Gasteiger partial charge in [-0.15, -0.1) is 24.0 Å². The molecule has 0 radical (unpaired) electrons. The van der Waals surface area contributed by atoms with E-state index in [1.807, 2.05) is 19.3 Å². The Labute approximate surface area is 163 Å². The summed E-state index contributed by atoms with van der Waals surface area (Å²) >= 11 is 0. The van der Waals surface area contributed by atoms with Crippen molar-refractivity contribution in [2.24, 2.45) is 10.9 Å². The van der Waals surface area contributed by atoms with Crippen LogP contribution in [0.25, 0.3) is 0 Å².